The molecule has 2 aromatic carbocycles. The summed E-state index contributed by atoms with van der Waals surface area (Å²) in [7, 11) is 2.66. The zero-order valence-electron chi connectivity index (χ0n) is 19.8. The quantitative estimate of drug-likeness (QED) is 0.307. The maximum absolute atomic E-state index is 14.6. The summed E-state index contributed by atoms with van der Waals surface area (Å²) >= 11 is 1.37. The number of benzene rings is 2. The van der Waals surface area contributed by atoms with Gasteiger partial charge in [-0.3, -0.25) is 14.3 Å². The highest BCUT2D eigenvalue weighted by molar-refractivity contribution is 7.21. The lowest BCUT2D eigenvalue weighted by Gasteiger charge is -2.09. The third-order valence-corrected chi connectivity index (χ3v) is 7.05. The highest BCUT2D eigenvalue weighted by Crippen LogP contribution is 2.28. The first kappa shape index (κ1) is 23.5. The number of aromatic nitrogens is 4. The van der Waals surface area contributed by atoms with E-state index in [-0.39, 0.29) is 11.4 Å². The minimum absolute atomic E-state index is 0.0218. The molecule has 0 aliphatic carbocycles. The van der Waals surface area contributed by atoms with Gasteiger partial charge in [-0.2, -0.15) is 10.2 Å². The summed E-state index contributed by atoms with van der Waals surface area (Å²) < 4.78 is 17.3. The largest absolute Gasteiger partial charge is 0.334 e. The monoisotopic (exact) mass is 500 g/mol. The van der Waals surface area contributed by atoms with Gasteiger partial charge < -0.3 is 10.6 Å². The van der Waals surface area contributed by atoms with E-state index in [1.165, 1.54) is 29.5 Å². The Balaban J connectivity index is 1.43. The number of nitrogens with one attached hydrogen (secondary N) is 3. The molecule has 0 unspecified atom stereocenters. The molecule has 0 atom stereocenters. The Hall–Kier alpha value is -4.25. The van der Waals surface area contributed by atoms with Crippen LogP contribution in [0, 0.1) is 12.7 Å². The first-order valence-electron chi connectivity index (χ1n) is 11.3. The summed E-state index contributed by atoms with van der Waals surface area (Å²) in [6.45, 7) is 3.96. The SMILES string of the molecule is CBc1cccc2sc(C(=O)Nc3cc(-c4cc(Nc5cc(C)n(C)n5)c(=O)[nH]n4)ccc3F)cc12. The number of halogens is 1. The molecule has 11 heteroatoms. The van der Waals surface area contributed by atoms with E-state index >= 15 is 0 Å². The average Bonchev–Trinajstić information content (AvgIpc) is 3.44. The number of H-pyrrole nitrogens is 1. The summed E-state index contributed by atoms with van der Waals surface area (Å²) in [5.41, 5.74) is 2.84. The topological polar surface area (TPSA) is 105 Å². The number of fused-ring (bicyclic) bond motifs is 1. The van der Waals surface area contributed by atoms with Gasteiger partial charge in [0.2, 0.25) is 0 Å². The van der Waals surface area contributed by atoms with Gasteiger partial charge in [0.1, 0.15) is 11.5 Å². The van der Waals surface area contributed by atoms with E-state index < -0.39 is 17.3 Å². The number of aromatic amines is 1. The standard InChI is InChI=1S/C25H22BFN6O2S/c1-13-9-23(32-33(13)3)28-20-12-18(30-31-24(20)34)14-7-8-17(27)19(10-14)29-25(35)22-11-15-16(26-2)5-4-6-21(15)36-22/h4-12,26H,1-3H3,(H,29,35)(H,31,34)(H,28,30,32). The van der Waals surface area contributed by atoms with Gasteiger partial charge in [-0.15, -0.1) is 11.3 Å². The van der Waals surface area contributed by atoms with Gasteiger partial charge in [0.05, 0.1) is 16.3 Å². The van der Waals surface area contributed by atoms with Crippen molar-refractivity contribution in [2.45, 2.75) is 13.7 Å². The van der Waals surface area contributed by atoms with Crippen molar-refractivity contribution in [2.24, 2.45) is 7.05 Å². The molecule has 0 bridgehead atoms. The molecule has 3 heterocycles. The number of rotatable bonds is 6. The summed E-state index contributed by atoms with van der Waals surface area (Å²) in [5.74, 6) is -0.454. The predicted molar refractivity (Wildman–Crippen MR) is 144 cm³/mol. The van der Waals surface area contributed by atoms with Crippen molar-refractivity contribution < 1.29 is 9.18 Å². The zero-order chi connectivity index (χ0) is 25.4. The molecule has 0 radical (unpaired) electrons. The third kappa shape index (κ3) is 4.52. The van der Waals surface area contributed by atoms with E-state index in [1.54, 1.807) is 17.8 Å². The van der Waals surface area contributed by atoms with Crippen LogP contribution in [0.1, 0.15) is 15.4 Å². The molecular weight excluding hydrogens is 478 g/mol. The summed E-state index contributed by atoms with van der Waals surface area (Å²) in [5, 5.41) is 17.5. The van der Waals surface area contributed by atoms with Crippen LogP contribution in [-0.4, -0.2) is 33.2 Å². The van der Waals surface area contributed by atoms with Crippen molar-refractivity contribution in [3.63, 3.8) is 0 Å². The number of thiophene rings is 1. The van der Waals surface area contributed by atoms with Gasteiger partial charge in [0.25, 0.3) is 11.5 Å². The van der Waals surface area contributed by atoms with Crippen molar-refractivity contribution >= 4 is 57.3 Å². The average molecular weight is 500 g/mol. The number of hydrogen-bond donors (Lipinski definition) is 3. The second kappa shape index (κ2) is 9.42. The summed E-state index contributed by atoms with van der Waals surface area (Å²) in [6, 6.07) is 15.5. The van der Waals surface area contributed by atoms with Crippen molar-refractivity contribution in [3.8, 4) is 11.3 Å². The molecule has 0 fully saturated rings. The molecular formula is C25H22BFN6O2S. The smallest absolute Gasteiger partial charge is 0.287 e. The number of carbonyl (C=O) groups excluding carboxylic acids is 1. The van der Waals surface area contributed by atoms with Crippen LogP contribution in [0.3, 0.4) is 0 Å². The molecule has 1 amide bonds. The van der Waals surface area contributed by atoms with Gasteiger partial charge in [-0.25, -0.2) is 9.49 Å². The molecule has 0 saturated carbocycles. The lowest BCUT2D eigenvalue weighted by atomic mass is 9.72. The van der Waals surface area contributed by atoms with Gasteiger partial charge in [0, 0.05) is 29.1 Å². The molecule has 3 aromatic heterocycles. The van der Waals surface area contributed by atoms with Gasteiger partial charge in [0.15, 0.2) is 13.1 Å². The van der Waals surface area contributed by atoms with Crippen LogP contribution in [0.25, 0.3) is 21.3 Å². The van der Waals surface area contributed by atoms with Crippen LogP contribution < -0.4 is 21.7 Å². The molecule has 180 valence electrons. The van der Waals surface area contributed by atoms with Gasteiger partial charge in [-0.05, 0) is 48.7 Å². The van der Waals surface area contributed by atoms with E-state index in [0.717, 1.165) is 28.5 Å². The Morgan fingerprint density at radius 3 is 2.72 bits per heavy atom. The molecule has 0 saturated heterocycles. The van der Waals surface area contributed by atoms with Crippen LogP contribution >= 0.6 is 11.3 Å². The Labute approximate surface area is 210 Å². The number of carbonyl (C=O) groups is 1. The van der Waals surface area contributed by atoms with E-state index in [0.29, 0.717) is 22.0 Å². The lowest BCUT2D eigenvalue weighted by molar-refractivity contribution is 0.103. The van der Waals surface area contributed by atoms with E-state index in [9.17, 15) is 14.0 Å². The number of hydrogen-bond acceptors (Lipinski definition) is 6. The van der Waals surface area contributed by atoms with Crippen molar-refractivity contribution in [1.82, 2.24) is 20.0 Å². The Bertz CT molecular complexity index is 1660. The Morgan fingerprint density at radius 1 is 1.14 bits per heavy atom. The van der Waals surface area contributed by atoms with Crippen LogP contribution in [0.15, 0.2) is 59.4 Å². The second-order valence-corrected chi connectivity index (χ2v) is 9.44. The summed E-state index contributed by atoms with van der Waals surface area (Å²) in [4.78, 5) is 25.8. The summed E-state index contributed by atoms with van der Waals surface area (Å²) in [6.07, 6.45) is 0. The second-order valence-electron chi connectivity index (χ2n) is 8.36. The Kier molecular flexibility index (Phi) is 6.15. The molecule has 8 nitrogen and oxygen atoms in total. The molecule has 3 N–H and O–H groups in total. The molecule has 5 aromatic rings. The first-order valence-corrected chi connectivity index (χ1v) is 12.1. The van der Waals surface area contributed by atoms with Crippen LogP contribution in [0.2, 0.25) is 6.82 Å². The van der Waals surface area contributed by atoms with Gasteiger partial charge in [-0.1, -0.05) is 24.4 Å². The number of aryl methyl sites for hydroxylation is 2. The molecule has 0 spiro atoms. The van der Waals surface area contributed by atoms with Crippen LogP contribution in [-0.2, 0) is 7.05 Å². The predicted octanol–water partition coefficient (Wildman–Crippen LogP) is 3.94. The normalized spacial score (nSPS) is 11.0. The van der Waals surface area contributed by atoms with Crippen molar-refractivity contribution in [3.05, 3.63) is 81.3 Å². The third-order valence-electron chi connectivity index (χ3n) is 5.95. The number of nitrogens with zero attached hydrogens (tertiary/aromatic N) is 3. The van der Waals surface area contributed by atoms with E-state index in [1.807, 2.05) is 37.3 Å². The fourth-order valence-corrected chi connectivity index (χ4v) is 4.92. The fraction of sp³-hybridized carbons (Fsp3) is 0.120. The molecule has 36 heavy (non-hydrogen) atoms. The fourth-order valence-electron chi connectivity index (χ4n) is 3.91. The number of anilines is 3. The maximum atomic E-state index is 14.6. The number of amides is 1. The van der Waals surface area contributed by atoms with Crippen LogP contribution in [0.4, 0.5) is 21.6 Å². The van der Waals surface area contributed by atoms with Crippen molar-refractivity contribution in [1.29, 1.82) is 0 Å². The highest BCUT2D eigenvalue weighted by Gasteiger charge is 2.16. The van der Waals surface area contributed by atoms with E-state index in [4.69, 9.17) is 0 Å². The van der Waals surface area contributed by atoms with Gasteiger partial charge >= 0.3 is 0 Å². The van der Waals surface area contributed by atoms with Crippen molar-refractivity contribution in [2.75, 3.05) is 10.6 Å². The minimum atomic E-state index is -0.575. The first-order chi connectivity index (χ1) is 17.3. The maximum Gasteiger partial charge on any atom is 0.287 e. The van der Waals surface area contributed by atoms with Crippen LogP contribution in [0.5, 0.6) is 0 Å². The minimum Gasteiger partial charge on any atom is -0.334 e. The Morgan fingerprint density at radius 2 is 1.97 bits per heavy atom. The molecule has 0 aliphatic heterocycles. The molecule has 5 rings (SSSR count). The van der Waals surface area contributed by atoms with E-state index in [2.05, 4.69) is 32.8 Å². The highest BCUT2D eigenvalue weighted by atomic mass is 32.1. The molecule has 0 aliphatic rings. The zero-order valence-corrected chi connectivity index (χ0v) is 20.7. The lowest BCUT2D eigenvalue weighted by Crippen LogP contribution is -2.14.